The molecule has 0 bridgehead atoms. The molecular formula is C25H26N4O6S. The number of allylic oxidation sites excluding steroid dienone is 1. The predicted octanol–water partition coefficient (Wildman–Crippen LogP) is 3.66. The molecule has 1 aromatic heterocycles. The number of methoxy groups -OCH3 is 2. The Kier molecular flexibility index (Phi) is 9.23. The first-order chi connectivity index (χ1) is 17.3. The third-order valence-electron chi connectivity index (χ3n) is 4.85. The van der Waals surface area contributed by atoms with Gasteiger partial charge >= 0.3 is 11.9 Å². The van der Waals surface area contributed by atoms with Crippen molar-refractivity contribution in [3.8, 4) is 5.75 Å². The maximum atomic E-state index is 12.6. The number of thioether (sulfide) groups is 1. The Hall–Kier alpha value is -4.12. The lowest BCUT2D eigenvalue weighted by Gasteiger charge is -2.11. The zero-order valence-corrected chi connectivity index (χ0v) is 21.0. The van der Waals surface area contributed by atoms with Crippen LogP contribution in [0.3, 0.4) is 0 Å². The SMILES string of the molecule is C=CCn1c(COc2cccc(C)c2)nnc1SCC(=O)Nc1cc(C(=O)OC)cc(C(=O)OC)c1. The number of carbonyl (C=O) groups is 3. The summed E-state index contributed by atoms with van der Waals surface area (Å²) >= 11 is 1.18. The maximum absolute atomic E-state index is 12.6. The number of aromatic nitrogens is 3. The summed E-state index contributed by atoms with van der Waals surface area (Å²) < 4.78 is 17.1. The van der Waals surface area contributed by atoms with Gasteiger partial charge in [0.05, 0.1) is 31.1 Å². The van der Waals surface area contributed by atoms with Gasteiger partial charge in [0.1, 0.15) is 12.4 Å². The van der Waals surface area contributed by atoms with Gasteiger partial charge in [0.15, 0.2) is 11.0 Å². The zero-order valence-electron chi connectivity index (χ0n) is 20.1. The number of esters is 2. The number of rotatable bonds is 11. The molecule has 1 N–H and O–H groups in total. The standard InChI is InChI=1S/C25H26N4O6S/c1-5-9-29-21(14-35-20-8-6-7-16(2)10-20)27-28-25(29)36-15-22(30)26-19-12-17(23(31)33-3)11-18(13-19)24(32)34-4/h5-8,10-13H,1,9,14-15H2,2-4H3,(H,26,30). The molecule has 0 aliphatic rings. The third kappa shape index (κ3) is 6.95. The zero-order chi connectivity index (χ0) is 26.1. The molecule has 0 saturated heterocycles. The first kappa shape index (κ1) is 26.5. The highest BCUT2D eigenvalue weighted by Crippen LogP contribution is 2.21. The van der Waals surface area contributed by atoms with Crippen LogP contribution in [0, 0.1) is 6.92 Å². The number of amides is 1. The van der Waals surface area contributed by atoms with Crippen LogP contribution in [-0.2, 0) is 27.4 Å². The fraction of sp³-hybridized carbons (Fsp3) is 0.240. The molecule has 3 aromatic rings. The van der Waals surface area contributed by atoms with E-state index in [1.807, 2.05) is 35.8 Å². The van der Waals surface area contributed by atoms with Crippen LogP contribution in [0.2, 0.25) is 0 Å². The molecule has 0 aliphatic heterocycles. The topological polar surface area (TPSA) is 122 Å². The average Bonchev–Trinajstić information content (AvgIpc) is 3.26. The maximum Gasteiger partial charge on any atom is 0.337 e. The van der Waals surface area contributed by atoms with Gasteiger partial charge in [-0.15, -0.1) is 16.8 Å². The number of nitrogens with one attached hydrogen (secondary N) is 1. The number of ether oxygens (including phenoxy) is 3. The Morgan fingerprint density at radius 1 is 1.06 bits per heavy atom. The fourth-order valence-corrected chi connectivity index (χ4v) is 3.96. The summed E-state index contributed by atoms with van der Waals surface area (Å²) in [6.45, 7) is 6.40. The van der Waals surface area contributed by atoms with Gasteiger partial charge in [-0.05, 0) is 42.8 Å². The van der Waals surface area contributed by atoms with E-state index >= 15 is 0 Å². The molecule has 0 saturated carbocycles. The highest BCUT2D eigenvalue weighted by molar-refractivity contribution is 7.99. The molecule has 0 unspecified atom stereocenters. The second-order valence-corrected chi connectivity index (χ2v) is 8.46. The minimum Gasteiger partial charge on any atom is -0.486 e. The summed E-state index contributed by atoms with van der Waals surface area (Å²) in [5.74, 6) is -0.356. The third-order valence-corrected chi connectivity index (χ3v) is 5.82. The number of aryl methyl sites for hydroxylation is 1. The van der Waals surface area contributed by atoms with Gasteiger partial charge in [-0.3, -0.25) is 9.36 Å². The molecule has 0 fully saturated rings. The molecule has 1 heterocycles. The summed E-state index contributed by atoms with van der Waals surface area (Å²) in [5.41, 5.74) is 1.54. The van der Waals surface area contributed by atoms with Gasteiger partial charge in [-0.1, -0.05) is 30.0 Å². The van der Waals surface area contributed by atoms with E-state index < -0.39 is 11.9 Å². The van der Waals surface area contributed by atoms with Crippen molar-refractivity contribution in [1.29, 1.82) is 0 Å². The van der Waals surface area contributed by atoms with Crippen molar-refractivity contribution in [1.82, 2.24) is 14.8 Å². The summed E-state index contributed by atoms with van der Waals surface area (Å²) in [6.07, 6.45) is 1.70. The number of hydrogen-bond acceptors (Lipinski definition) is 9. The summed E-state index contributed by atoms with van der Waals surface area (Å²) in [4.78, 5) is 36.6. The second-order valence-electron chi connectivity index (χ2n) is 7.52. The average molecular weight is 511 g/mol. The Morgan fingerprint density at radius 2 is 1.75 bits per heavy atom. The van der Waals surface area contributed by atoms with Gasteiger partial charge in [0.2, 0.25) is 5.91 Å². The van der Waals surface area contributed by atoms with Gasteiger partial charge in [-0.25, -0.2) is 9.59 Å². The molecule has 10 nitrogen and oxygen atoms in total. The van der Waals surface area contributed by atoms with Crippen molar-refractivity contribution in [3.05, 3.63) is 77.6 Å². The molecule has 0 aliphatic carbocycles. The van der Waals surface area contributed by atoms with E-state index in [9.17, 15) is 14.4 Å². The number of carbonyl (C=O) groups excluding carboxylic acids is 3. The molecule has 0 radical (unpaired) electrons. The number of anilines is 1. The van der Waals surface area contributed by atoms with Crippen LogP contribution in [0.5, 0.6) is 5.75 Å². The molecule has 11 heteroatoms. The highest BCUT2D eigenvalue weighted by atomic mass is 32.2. The van der Waals surface area contributed by atoms with Crippen LogP contribution in [0.4, 0.5) is 5.69 Å². The molecule has 3 rings (SSSR count). The van der Waals surface area contributed by atoms with Gasteiger partial charge < -0.3 is 19.5 Å². The lowest BCUT2D eigenvalue weighted by atomic mass is 10.1. The van der Waals surface area contributed by atoms with E-state index in [1.54, 1.807) is 6.08 Å². The molecular weight excluding hydrogens is 484 g/mol. The number of benzene rings is 2. The van der Waals surface area contributed by atoms with E-state index in [4.69, 9.17) is 14.2 Å². The van der Waals surface area contributed by atoms with Crippen LogP contribution < -0.4 is 10.1 Å². The molecule has 0 spiro atoms. The minimum absolute atomic E-state index is 0.00399. The van der Waals surface area contributed by atoms with E-state index in [0.717, 1.165) is 11.3 Å². The lowest BCUT2D eigenvalue weighted by molar-refractivity contribution is -0.113. The first-order valence-corrected chi connectivity index (χ1v) is 11.8. The summed E-state index contributed by atoms with van der Waals surface area (Å²) in [6, 6.07) is 11.9. The van der Waals surface area contributed by atoms with Gasteiger partial charge in [0, 0.05) is 12.2 Å². The van der Waals surface area contributed by atoms with E-state index in [1.165, 1.54) is 44.2 Å². The van der Waals surface area contributed by atoms with E-state index in [0.29, 0.717) is 17.5 Å². The van der Waals surface area contributed by atoms with Crippen LogP contribution in [0.1, 0.15) is 32.1 Å². The van der Waals surface area contributed by atoms with Crippen LogP contribution in [0.25, 0.3) is 0 Å². The van der Waals surface area contributed by atoms with Crippen molar-refractivity contribution in [3.63, 3.8) is 0 Å². The van der Waals surface area contributed by atoms with Crippen molar-refractivity contribution in [2.45, 2.75) is 25.2 Å². The Morgan fingerprint density at radius 3 is 2.36 bits per heavy atom. The second kappa shape index (κ2) is 12.5. The van der Waals surface area contributed by atoms with Crippen molar-refractivity contribution in [2.75, 3.05) is 25.3 Å². The summed E-state index contributed by atoms with van der Waals surface area (Å²) in [7, 11) is 2.45. The Labute approximate surface area is 212 Å². The number of hydrogen-bond donors (Lipinski definition) is 1. The molecule has 2 aromatic carbocycles. The molecule has 36 heavy (non-hydrogen) atoms. The normalized spacial score (nSPS) is 10.4. The number of nitrogens with zero attached hydrogens (tertiary/aromatic N) is 3. The smallest absolute Gasteiger partial charge is 0.337 e. The molecule has 0 atom stereocenters. The van der Waals surface area contributed by atoms with E-state index in [-0.39, 0.29) is 35.1 Å². The van der Waals surface area contributed by atoms with Crippen molar-refractivity contribution in [2.24, 2.45) is 0 Å². The van der Waals surface area contributed by atoms with Gasteiger partial charge in [-0.2, -0.15) is 0 Å². The van der Waals surface area contributed by atoms with Crippen molar-refractivity contribution < 1.29 is 28.6 Å². The summed E-state index contributed by atoms with van der Waals surface area (Å²) in [5, 5.41) is 11.6. The largest absolute Gasteiger partial charge is 0.486 e. The van der Waals surface area contributed by atoms with Crippen LogP contribution in [0.15, 0.2) is 60.3 Å². The van der Waals surface area contributed by atoms with Crippen LogP contribution >= 0.6 is 11.8 Å². The van der Waals surface area contributed by atoms with Gasteiger partial charge in [0.25, 0.3) is 0 Å². The predicted molar refractivity (Wildman–Crippen MR) is 134 cm³/mol. The molecule has 1 amide bonds. The Bertz CT molecular complexity index is 1240. The van der Waals surface area contributed by atoms with Crippen molar-refractivity contribution >= 4 is 35.3 Å². The minimum atomic E-state index is -0.649. The fourth-order valence-electron chi connectivity index (χ4n) is 3.20. The monoisotopic (exact) mass is 510 g/mol. The highest BCUT2D eigenvalue weighted by Gasteiger charge is 2.17. The lowest BCUT2D eigenvalue weighted by Crippen LogP contribution is -2.16. The Balaban J connectivity index is 1.68. The van der Waals surface area contributed by atoms with E-state index in [2.05, 4.69) is 22.1 Å². The first-order valence-electron chi connectivity index (χ1n) is 10.8. The quantitative estimate of drug-likeness (QED) is 0.234. The molecule has 188 valence electrons. The van der Waals surface area contributed by atoms with Crippen LogP contribution in [-0.4, -0.2) is 52.6 Å².